The third-order valence-electron chi connectivity index (χ3n) is 3.83. The Balaban J connectivity index is 2.08. The van der Waals surface area contributed by atoms with Crippen LogP contribution < -0.4 is 10.1 Å². The zero-order chi connectivity index (χ0) is 15.2. The van der Waals surface area contributed by atoms with Crippen molar-refractivity contribution in [2.75, 3.05) is 6.54 Å². The van der Waals surface area contributed by atoms with E-state index in [0.717, 1.165) is 18.8 Å². The van der Waals surface area contributed by atoms with Crippen LogP contribution in [0.1, 0.15) is 34.7 Å². The third kappa shape index (κ3) is 4.08. The van der Waals surface area contributed by atoms with Gasteiger partial charge in [0.05, 0.1) is 0 Å². The summed E-state index contributed by atoms with van der Waals surface area (Å²) in [4.78, 5) is 0. The Bertz CT molecular complexity index is 605. The first kappa shape index (κ1) is 15.6. The largest absolute Gasteiger partial charge is 0.488 e. The van der Waals surface area contributed by atoms with E-state index in [1.807, 2.05) is 0 Å². The molecule has 0 heterocycles. The summed E-state index contributed by atoms with van der Waals surface area (Å²) in [6, 6.07) is 12.9. The summed E-state index contributed by atoms with van der Waals surface area (Å²) >= 11 is 0. The van der Waals surface area contributed by atoms with Crippen LogP contribution in [0.2, 0.25) is 0 Å². The monoisotopic (exact) mass is 283 g/mol. The molecule has 0 saturated heterocycles. The van der Waals surface area contributed by atoms with Gasteiger partial charge in [0.1, 0.15) is 12.4 Å². The third-order valence-corrected chi connectivity index (χ3v) is 3.83. The van der Waals surface area contributed by atoms with Crippen LogP contribution in [0.25, 0.3) is 0 Å². The van der Waals surface area contributed by atoms with Gasteiger partial charge >= 0.3 is 0 Å². The van der Waals surface area contributed by atoms with Gasteiger partial charge in [-0.05, 0) is 55.1 Å². The van der Waals surface area contributed by atoms with Crippen molar-refractivity contribution in [2.45, 2.75) is 40.8 Å². The summed E-state index contributed by atoms with van der Waals surface area (Å²) in [7, 11) is 0. The minimum absolute atomic E-state index is 0.616. The maximum Gasteiger partial charge on any atom is 0.125 e. The standard InChI is InChI=1S/C19H25NO/c1-5-20-12-17-7-6-8-18(11-17)13-21-19-15(3)10-9-14(2)16(19)4/h6-11,20H,5,12-13H2,1-4H3. The van der Waals surface area contributed by atoms with Crippen LogP contribution >= 0.6 is 0 Å². The Kier molecular flexibility index (Phi) is 5.40. The van der Waals surface area contributed by atoms with Gasteiger partial charge < -0.3 is 10.1 Å². The first-order valence-corrected chi connectivity index (χ1v) is 7.60. The lowest BCUT2D eigenvalue weighted by Gasteiger charge is -2.14. The Morgan fingerprint density at radius 3 is 2.43 bits per heavy atom. The van der Waals surface area contributed by atoms with Crippen LogP contribution in [0.4, 0.5) is 0 Å². The smallest absolute Gasteiger partial charge is 0.125 e. The van der Waals surface area contributed by atoms with E-state index in [4.69, 9.17) is 4.74 Å². The quantitative estimate of drug-likeness (QED) is 0.853. The summed E-state index contributed by atoms with van der Waals surface area (Å²) in [5.74, 6) is 1.02. The summed E-state index contributed by atoms with van der Waals surface area (Å²) in [5, 5.41) is 3.35. The number of hydrogen-bond donors (Lipinski definition) is 1. The van der Waals surface area contributed by atoms with Gasteiger partial charge in [-0.3, -0.25) is 0 Å². The highest BCUT2D eigenvalue weighted by Crippen LogP contribution is 2.26. The molecule has 0 radical (unpaired) electrons. The van der Waals surface area contributed by atoms with Crippen LogP contribution in [0, 0.1) is 20.8 Å². The Morgan fingerprint density at radius 1 is 0.952 bits per heavy atom. The van der Waals surface area contributed by atoms with Gasteiger partial charge in [0, 0.05) is 6.54 Å². The second-order valence-electron chi connectivity index (χ2n) is 5.54. The van der Waals surface area contributed by atoms with E-state index in [2.05, 4.69) is 69.4 Å². The van der Waals surface area contributed by atoms with Crippen LogP contribution in [-0.2, 0) is 13.2 Å². The molecular weight excluding hydrogens is 258 g/mol. The van der Waals surface area contributed by atoms with E-state index < -0.39 is 0 Å². The molecule has 0 atom stereocenters. The molecule has 0 unspecified atom stereocenters. The van der Waals surface area contributed by atoms with Crippen molar-refractivity contribution < 1.29 is 4.74 Å². The number of hydrogen-bond acceptors (Lipinski definition) is 2. The molecular formula is C19H25NO. The molecule has 2 nitrogen and oxygen atoms in total. The van der Waals surface area contributed by atoms with E-state index in [1.165, 1.54) is 27.8 Å². The lowest BCUT2D eigenvalue weighted by molar-refractivity contribution is 0.301. The zero-order valence-electron chi connectivity index (χ0n) is 13.5. The minimum Gasteiger partial charge on any atom is -0.488 e. The molecule has 0 aliphatic rings. The average molecular weight is 283 g/mol. The molecule has 2 aromatic rings. The number of aryl methyl sites for hydroxylation is 2. The van der Waals surface area contributed by atoms with Crippen molar-refractivity contribution in [2.24, 2.45) is 0 Å². The second kappa shape index (κ2) is 7.28. The van der Waals surface area contributed by atoms with Gasteiger partial charge in [0.2, 0.25) is 0 Å². The minimum atomic E-state index is 0.616. The van der Waals surface area contributed by atoms with Crippen molar-refractivity contribution in [3.63, 3.8) is 0 Å². The maximum atomic E-state index is 6.07. The molecule has 2 aromatic carbocycles. The van der Waals surface area contributed by atoms with E-state index in [1.54, 1.807) is 0 Å². The normalized spacial score (nSPS) is 10.7. The summed E-state index contributed by atoms with van der Waals surface area (Å²) < 4.78 is 6.07. The topological polar surface area (TPSA) is 21.3 Å². The summed E-state index contributed by atoms with van der Waals surface area (Å²) in [5.41, 5.74) is 6.22. The summed E-state index contributed by atoms with van der Waals surface area (Å²) in [6.45, 7) is 11.0. The fourth-order valence-electron chi connectivity index (χ4n) is 2.40. The molecule has 0 bridgehead atoms. The van der Waals surface area contributed by atoms with Crippen LogP contribution in [0.3, 0.4) is 0 Å². The lowest BCUT2D eigenvalue weighted by atomic mass is 10.1. The predicted octanol–water partition coefficient (Wildman–Crippen LogP) is 4.30. The van der Waals surface area contributed by atoms with Gasteiger partial charge in [-0.1, -0.05) is 43.3 Å². The van der Waals surface area contributed by atoms with Crippen molar-refractivity contribution in [3.8, 4) is 5.75 Å². The zero-order valence-corrected chi connectivity index (χ0v) is 13.5. The fraction of sp³-hybridized carbons (Fsp3) is 0.368. The van der Waals surface area contributed by atoms with E-state index >= 15 is 0 Å². The molecule has 2 rings (SSSR count). The lowest BCUT2D eigenvalue weighted by Crippen LogP contribution is -2.12. The van der Waals surface area contributed by atoms with Crippen molar-refractivity contribution in [1.82, 2.24) is 5.32 Å². The SMILES string of the molecule is CCNCc1cccc(COc2c(C)ccc(C)c2C)c1. The van der Waals surface area contributed by atoms with Crippen molar-refractivity contribution >= 4 is 0 Å². The molecule has 21 heavy (non-hydrogen) atoms. The van der Waals surface area contributed by atoms with E-state index in [9.17, 15) is 0 Å². The molecule has 1 N–H and O–H groups in total. The van der Waals surface area contributed by atoms with Gasteiger partial charge in [0.25, 0.3) is 0 Å². The highest BCUT2D eigenvalue weighted by atomic mass is 16.5. The molecule has 0 aromatic heterocycles. The van der Waals surface area contributed by atoms with Gasteiger partial charge in [-0.25, -0.2) is 0 Å². The Hall–Kier alpha value is -1.80. The van der Waals surface area contributed by atoms with E-state index in [-0.39, 0.29) is 0 Å². The highest BCUT2D eigenvalue weighted by Gasteiger charge is 2.06. The first-order valence-electron chi connectivity index (χ1n) is 7.60. The number of benzene rings is 2. The molecule has 0 amide bonds. The Labute approximate surface area is 128 Å². The first-order chi connectivity index (χ1) is 10.1. The van der Waals surface area contributed by atoms with Crippen molar-refractivity contribution in [3.05, 3.63) is 64.2 Å². The molecule has 112 valence electrons. The molecule has 0 aliphatic heterocycles. The van der Waals surface area contributed by atoms with Crippen LogP contribution in [0.15, 0.2) is 36.4 Å². The fourth-order valence-corrected chi connectivity index (χ4v) is 2.40. The summed E-state index contributed by atoms with van der Waals surface area (Å²) in [6.07, 6.45) is 0. The highest BCUT2D eigenvalue weighted by molar-refractivity contribution is 5.44. The molecule has 0 spiro atoms. The second-order valence-corrected chi connectivity index (χ2v) is 5.54. The van der Waals surface area contributed by atoms with Gasteiger partial charge in [-0.15, -0.1) is 0 Å². The Morgan fingerprint density at radius 2 is 1.67 bits per heavy atom. The molecule has 2 heteroatoms. The molecule has 0 saturated carbocycles. The molecule has 0 fully saturated rings. The number of nitrogens with one attached hydrogen (secondary N) is 1. The van der Waals surface area contributed by atoms with Gasteiger partial charge in [0.15, 0.2) is 0 Å². The molecule has 0 aliphatic carbocycles. The van der Waals surface area contributed by atoms with Crippen LogP contribution in [-0.4, -0.2) is 6.54 Å². The van der Waals surface area contributed by atoms with E-state index in [0.29, 0.717) is 6.61 Å². The van der Waals surface area contributed by atoms with Crippen LogP contribution in [0.5, 0.6) is 5.75 Å². The van der Waals surface area contributed by atoms with Gasteiger partial charge in [-0.2, -0.15) is 0 Å². The number of ether oxygens (including phenoxy) is 1. The predicted molar refractivity (Wildman–Crippen MR) is 88.8 cm³/mol. The number of rotatable bonds is 6. The maximum absolute atomic E-state index is 6.07. The average Bonchev–Trinajstić information content (AvgIpc) is 2.49. The van der Waals surface area contributed by atoms with Crippen molar-refractivity contribution in [1.29, 1.82) is 0 Å².